The molecule has 0 aliphatic carbocycles. The Balaban J connectivity index is 1.01. The van der Waals surface area contributed by atoms with Crippen molar-refractivity contribution in [2.45, 2.75) is 30.4 Å². The summed E-state index contributed by atoms with van der Waals surface area (Å²) in [6.07, 6.45) is 1.84. The zero-order valence-corrected chi connectivity index (χ0v) is 22.3. The van der Waals surface area contributed by atoms with Gasteiger partial charge < -0.3 is 14.4 Å². The second-order valence-electron chi connectivity index (χ2n) is 9.49. The Hall–Kier alpha value is -3.37. The number of para-hydroxylation sites is 1. The van der Waals surface area contributed by atoms with Crippen molar-refractivity contribution in [3.63, 3.8) is 0 Å². The fourth-order valence-electron chi connectivity index (χ4n) is 5.03. The monoisotopic (exact) mass is 549 g/mol. The SMILES string of the molecule is O=C(CSC1CC(=O)N(c2ccccc2)C1=O)N1CCC(c2nc(-c3ccc4c(c3)OCCO4)cs2)CC1. The van der Waals surface area contributed by atoms with Gasteiger partial charge in [0.05, 0.1) is 27.4 Å². The summed E-state index contributed by atoms with van der Waals surface area (Å²) in [4.78, 5) is 46.2. The van der Waals surface area contributed by atoms with Crippen LogP contribution in [0.5, 0.6) is 11.5 Å². The molecule has 0 radical (unpaired) electrons. The minimum absolute atomic E-state index is 0.0166. The number of hydrogen-bond acceptors (Lipinski definition) is 8. The van der Waals surface area contributed by atoms with Crippen LogP contribution in [-0.4, -0.2) is 64.9 Å². The molecule has 3 amide bonds. The van der Waals surface area contributed by atoms with Crippen molar-refractivity contribution >= 4 is 46.5 Å². The smallest absolute Gasteiger partial charge is 0.247 e. The Kier molecular flexibility index (Phi) is 7.08. The Morgan fingerprint density at radius 2 is 1.79 bits per heavy atom. The third kappa shape index (κ3) is 5.02. The topological polar surface area (TPSA) is 89.0 Å². The van der Waals surface area contributed by atoms with Crippen molar-refractivity contribution in [2.75, 3.05) is 37.0 Å². The van der Waals surface area contributed by atoms with Gasteiger partial charge in [-0.1, -0.05) is 18.2 Å². The minimum Gasteiger partial charge on any atom is -0.486 e. The molecule has 3 aromatic rings. The zero-order valence-electron chi connectivity index (χ0n) is 20.7. The number of rotatable bonds is 6. The highest BCUT2D eigenvalue weighted by atomic mass is 32.2. The van der Waals surface area contributed by atoms with Crippen LogP contribution in [0.2, 0.25) is 0 Å². The molecular formula is C28H27N3O5S2. The van der Waals surface area contributed by atoms with Crippen molar-refractivity contribution in [1.82, 2.24) is 9.88 Å². The number of hydrogen-bond donors (Lipinski definition) is 0. The van der Waals surface area contributed by atoms with E-state index in [2.05, 4.69) is 5.38 Å². The number of nitrogens with zero attached hydrogens (tertiary/aromatic N) is 3. The van der Waals surface area contributed by atoms with Gasteiger partial charge in [0, 0.05) is 36.4 Å². The number of thiazole rings is 1. The highest BCUT2D eigenvalue weighted by Crippen LogP contribution is 2.37. The maximum Gasteiger partial charge on any atom is 0.247 e. The lowest BCUT2D eigenvalue weighted by Gasteiger charge is -2.31. The number of carbonyl (C=O) groups is 3. The Labute approximate surface area is 228 Å². The van der Waals surface area contributed by atoms with Gasteiger partial charge in [-0.2, -0.15) is 0 Å². The predicted molar refractivity (Wildman–Crippen MR) is 147 cm³/mol. The number of benzene rings is 2. The molecule has 4 heterocycles. The lowest BCUT2D eigenvalue weighted by atomic mass is 9.97. The fourth-order valence-corrected chi connectivity index (χ4v) is 7.07. The van der Waals surface area contributed by atoms with Gasteiger partial charge in [-0.3, -0.25) is 14.4 Å². The van der Waals surface area contributed by atoms with E-state index >= 15 is 0 Å². The van der Waals surface area contributed by atoms with Gasteiger partial charge >= 0.3 is 0 Å². The van der Waals surface area contributed by atoms with Crippen LogP contribution in [0.3, 0.4) is 0 Å². The van der Waals surface area contributed by atoms with Crippen molar-refractivity contribution in [2.24, 2.45) is 0 Å². The number of fused-ring (bicyclic) bond motifs is 1. The maximum absolute atomic E-state index is 12.9. The number of aromatic nitrogens is 1. The summed E-state index contributed by atoms with van der Waals surface area (Å²) in [5.74, 6) is 1.59. The second kappa shape index (κ2) is 10.8. The first kappa shape index (κ1) is 24.9. The molecule has 196 valence electrons. The number of imide groups is 1. The van der Waals surface area contributed by atoms with Gasteiger partial charge in [0.2, 0.25) is 17.7 Å². The van der Waals surface area contributed by atoms with Crippen molar-refractivity contribution in [1.29, 1.82) is 0 Å². The lowest BCUT2D eigenvalue weighted by Crippen LogP contribution is -2.39. The number of ether oxygens (including phenoxy) is 2. The molecule has 0 N–H and O–H groups in total. The molecule has 3 aliphatic heterocycles. The number of piperidine rings is 1. The summed E-state index contributed by atoms with van der Waals surface area (Å²) in [7, 11) is 0. The third-order valence-electron chi connectivity index (χ3n) is 7.08. The van der Waals surface area contributed by atoms with Crippen molar-refractivity contribution in [3.8, 4) is 22.8 Å². The molecule has 2 saturated heterocycles. The summed E-state index contributed by atoms with van der Waals surface area (Å²) >= 11 is 2.93. The largest absolute Gasteiger partial charge is 0.486 e. The van der Waals surface area contributed by atoms with E-state index in [9.17, 15) is 14.4 Å². The van der Waals surface area contributed by atoms with Gasteiger partial charge in [-0.15, -0.1) is 23.1 Å². The molecule has 0 spiro atoms. The van der Waals surface area contributed by atoms with Crippen LogP contribution in [0.25, 0.3) is 11.3 Å². The number of thioether (sulfide) groups is 1. The molecule has 3 aliphatic rings. The zero-order chi connectivity index (χ0) is 26.1. The van der Waals surface area contributed by atoms with Crippen LogP contribution in [0.15, 0.2) is 53.9 Å². The van der Waals surface area contributed by atoms with E-state index in [4.69, 9.17) is 14.5 Å². The van der Waals surface area contributed by atoms with E-state index in [-0.39, 0.29) is 29.9 Å². The Morgan fingerprint density at radius 3 is 2.58 bits per heavy atom. The maximum atomic E-state index is 12.9. The van der Waals surface area contributed by atoms with E-state index in [1.54, 1.807) is 35.6 Å². The van der Waals surface area contributed by atoms with E-state index in [1.165, 1.54) is 16.7 Å². The van der Waals surface area contributed by atoms with Crippen LogP contribution in [0, 0.1) is 0 Å². The van der Waals surface area contributed by atoms with Gasteiger partial charge in [0.25, 0.3) is 0 Å². The highest BCUT2D eigenvalue weighted by molar-refractivity contribution is 8.01. The average Bonchev–Trinajstić information content (AvgIpc) is 3.56. The van der Waals surface area contributed by atoms with Crippen molar-refractivity contribution in [3.05, 3.63) is 58.9 Å². The molecule has 0 saturated carbocycles. The van der Waals surface area contributed by atoms with Gasteiger partial charge in [0.1, 0.15) is 13.2 Å². The first-order valence-electron chi connectivity index (χ1n) is 12.7. The number of carbonyl (C=O) groups excluding carboxylic acids is 3. The average molecular weight is 550 g/mol. The van der Waals surface area contributed by atoms with Crippen LogP contribution in [-0.2, 0) is 14.4 Å². The van der Waals surface area contributed by atoms with E-state index in [0.717, 1.165) is 40.6 Å². The molecule has 1 atom stereocenters. The summed E-state index contributed by atoms with van der Waals surface area (Å²) < 4.78 is 11.3. The molecule has 1 aromatic heterocycles. The summed E-state index contributed by atoms with van der Waals surface area (Å²) in [6, 6.07) is 14.9. The summed E-state index contributed by atoms with van der Waals surface area (Å²) in [5.41, 5.74) is 2.52. The third-order valence-corrected chi connectivity index (χ3v) is 9.28. The fraction of sp³-hybridized carbons (Fsp3) is 0.357. The first-order valence-corrected chi connectivity index (χ1v) is 14.7. The van der Waals surface area contributed by atoms with Crippen LogP contribution >= 0.6 is 23.1 Å². The Morgan fingerprint density at radius 1 is 1.03 bits per heavy atom. The molecule has 0 bridgehead atoms. The lowest BCUT2D eigenvalue weighted by molar-refractivity contribution is -0.129. The van der Waals surface area contributed by atoms with Gasteiger partial charge in [-0.25, -0.2) is 9.88 Å². The number of anilines is 1. The highest BCUT2D eigenvalue weighted by Gasteiger charge is 2.40. The standard InChI is InChI=1S/C28H27N3O5S2/c32-25-15-24(28(34)31(25)20-4-2-1-3-5-20)37-17-26(33)30-10-8-18(9-11-30)27-29-21(16-38-27)19-6-7-22-23(14-19)36-13-12-35-22/h1-7,14,16,18,24H,8-13,15,17H2. The number of amides is 3. The molecule has 6 rings (SSSR count). The van der Waals surface area contributed by atoms with Crippen LogP contribution < -0.4 is 14.4 Å². The second-order valence-corrected chi connectivity index (χ2v) is 11.6. The van der Waals surface area contributed by atoms with Gasteiger partial charge in [-0.05, 0) is 43.2 Å². The normalized spacial score (nSPS) is 19.7. The summed E-state index contributed by atoms with van der Waals surface area (Å²) in [5, 5.41) is 2.65. The van der Waals surface area contributed by atoms with Crippen molar-refractivity contribution < 1.29 is 23.9 Å². The molecule has 8 nitrogen and oxygen atoms in total. The molecular weight excluding hydrogens is 522 g/mol. The molecule has 38 heavy (non-hydrogen) atoms. The molecule has 2 fully saturated rings. The van der Waals surface area contributed by atoms with Crippen LogP contribution in [0.4, 0.5) is 5.69 Å². The predicted octanol–water partition coefficient (Wildman–Crippen LogP) is 4.35. The number of likely N-dealkylation sites (tertiary alicyclic amines) is 1. The summed E-state index contributed by atoms with van der Waals surface area (Å²) in [6.45, 7) is 2.45. The van der Waals surface area contributed by atoms with E-state index < -0.39 is 5.25 Å². The van der Waals surface area contributed by atoms with E-state index in [1.807, 2.05) is 29.2 Å². The quantitative estimate of drug-likeness (QED) is 0.423. The molecule has 10 heteroatoms. The first-order chi connectivity index (χ1) is 18.6. The Bertz CT molecular complexity index is 1350. The van der Waals surface area contributed by atoms with Crippen LogP contribution in [0.1, 0.15) is 30.2 Å². The molecule has 2 aromatic carbocycles. The van der Waals surface area contributed by atoms with Gasteiger partial charge in [0.15, 0.2) is 11.5 Å². The molecule has 1 unspecified atom stereocenters. The van der Waals surface area contributed by atoms with E-state index in [0.29, 0.717) is 37.9 Å². The minimum atomic E-state index is -0.515.